The van der Waals surface area contributed by atoms with Gasteiger partial charge in [0, 0.05) is 6.42 Å². The van der Waals surface area contributed by atoms with Crippen LogP contribution in [0.3, 0.4) is 0 Å². The number of rotatable bonds is 1. The van der Waals surface area contributed by atoms with Crippen LogP contribution in [-0.2, 0) is 10.0 Å². The standard InChI is InChI=1S/C5H9NO2S/c1-2-3-4-5-9(6,7)8/h2,5H2,1H3,(H2,6,7,8). The minimum absolute atomic E-state index is 0.235. The van der Waals surface area contributed by atoms with Crippen molar-refractivity contribution in [3.05, 3.63) is 0 Å². The van der Waals surface area contributed by atoms with Gasteiger partial charge < -0.3 is 0 Å². The van der Waals surface area contributed by atoms with Gasteiger partial charge in [0.25, 0.3) is 0 Å². The van der Waals surface area contributed by atoms with Crippen molar-refractivity contribution in [2.24, 2.45) is 5.14 Å². The van der Waals surface area contributed by atoms with E-state index in [4.69, 9.17) is 0 Å². The first kappa shape index (κ1) is 8.47. The van der Waals surface area contributed by atoms with Gasteiger partial charge in [-0.15, -0.1) is 5.92 Å². The highest BCUT2D eigenvalue weighted by atomic mass is 32.2. The van der Waals surface area contributed by atoms with Gasteiger partial charge in [0.1, 0.15) is 5.75 Å². The molecule has 0 aliphatic carbocycles. The van der Waals surface area contributed by atoms with Crippen molar-refractivity contribution in [2.45, 2.75) is 13.3 Å². The molecule has 0 aromatic heterocycles. The SMILES string of the molecule is CCC#CCS(N)(=O)=O. The van der Waals surface area contributed by atoms with Crippen LogP contribution in [0.2, 0.25) is 0 Å². The molecule has 9 heavy (non-hydrogen) atoms. The van der Waals surface area contributed by atoms with Crippen LogP contribution in [0, 0.1) is 11.8 Å². The highest BCUT2D eigenvalue weighted by Gasteiger charge is 1.94. The molecule has 0 saturated carbocycles. The van der Waals surface area contributed by atoms with Gasteiger partial charge in [0.05, 0.1) is 0 Å². The predicted octanol–water partition coefficient (Wildman–Crippen LogP) is -0.312. The Morgan fingerprint density at radius 3 is 2.33 bits per heavy atom. The molecule has 0 bridgehead atoms. The lowest BCUT2D eigenvalue weighted by atomic mass is 10.5. The number of nitrogens with two attached hydrogens (primary N) is 1. The molecule has 0 atom stereocenters. The fourth-order valence-corrected chi connectivity index (χ4v) is 0.580. The van der Waals surface area contributed by atoms with E-state index in [1.165, 1.54) is 0 Å². The van der Waals surface area contributed by atoms with E-state index in [1.54, 1.807) is 0 Å². The molecule has 0 spiro atoms. The Balaban J connectivity index is 3.79. The highest BCUT2D eigenvalue weighted by molar-refractivity contribution is 7.89. The summed E-state index contributed by atoms with van der Waals surface area (Å²) >= 11 is 0. The van der Waals surface area contributed by atoms with Crippen molar-refractivity contribution >= 4 is 10.0 Å². The molecule has 0 aromatic carbocycles. The first-order chi connectivity index (χ1) is 4.06. The Labute approximate surface area is 55.3 Å². The largest absolute Gasteiger partial charge is 0.228 e. The van der Waals surface area contributed by atoms with Gasteiger partial charge in [-0.25, -0.2) is 13.6 Å². The molecule has 4 heteroatoms. The maximum absolute atomic E-state index is 10.2. The molecule has 0 aliphatic heterocycles. The van der Waals surface area contributed by atoms with E-state index in [2.05, 4.69) is 17.0 Å². The van der Waals surface area contributed by atoms with Gasteiger partial charge in [-0.1, -0.05) is 12.8 Å². The van der Waals surface area contributed by atoms with E-state index in [1.807, 2.05) is 6.92 Å². The Morgan fingerprint density at radius 1 is 1.44 bits per heavy atom. The summed E-state index contributed by atoms with van der Waals surface area (Å²) in [7, 11) is -3.37. The summed E-state index contributed by atoms with van der Waals surface area (Å²) in [6.07, 6.45) is 0.662. The van der Waals surface area contributed by atoms with E-state index in [0.717, 1.165) is 0 Å². The molecule has 0 rings (SSSR count). The monoisotopic (exact) mass is 147 g/mol. The fraction of sp³-hybridized carbons (Fsp3) is 0.600. The van der Waals surface area contributed by atoms with Crippen LogP contribution in [0.5, 0.6) is 0 Å². The second-order valence-corrected chi connectivity index (χ2v) is 3.13. The van der Waals surface area contributed by atoms with Crippen LogP contribution in [0.4, 0.5) is 0 Å². The average Bonchev–Trinajstić information content (AvgIpc) is 1.63. The van der Waals surface area contributed by atoms with E-state index in [-0.39, 0.29) is 5.75 Å². The van der Waals surface area contributed by atoms with E-state index < -0.39 is 10.0 Å². The molecule has 0 aliphatic rings. The quantitative estimate of drug-likeness (QED) is 0.517. The summed E-state index contributed by atoms with van der Waals surface area (Å²) < 4.78 is 20.4. The topological polar surface area (TPSA) is 60.2 Å². The van der Waals surface area contributed by atoms with Crippen molar-refractivity contribution in [3.63, 3.8) is 0 Å². The molecule has 0 radical (unpaired) electrons. The first-order valence-electron chi connectivity index (χ1n) is 2.52. The Bertz CT molecular complexity index is 219. The zero-order valence-electron chi connectivity index (χ0n) is 5.22. The third kappa shape index (κ3) is 7.47. The van der Waals surface area contributed by atoms with Gasteiger partial charge in [-0.05, 0) is 0 Å². The fourth-order valence-electron chi connectivity index (χ4n) is 0.277. The Morgan fingerprint density at radius 2 is 2.00 bits per heavy atom. The first-order valence-corrected chi connectivity index (χ1v) is 4.24. The van der Waals surface area contributed by atoms with Crippen LogP contribution in [0.25, 0.3) is 0 Å². The lowest BCUT2D eigenvalue weighted by molar-refractivity contribution is 0.601. The molecule has 0 aromatic rings. The molecular formula is C5H9NO2S. The molecule has 0 unspecified atom stereocenters. The predicted molar refractivity (Wildman–Crippen MR) is 36.0 cm³/mol. The number of primary sulfonamides is 1. The highest BCUT2D eigenvalue weighted by Crippen LogP contribution is 1.74. The smallest absolute Gasteiger partial charge is 0.220 e. The van der Waals surface area contributed by atoms with Gasteiger partial charge in [-0.2, -0.15) is 0 Å². The molecule has 0 saturated heterocycles. The van der Waals surface area contributed by atoms with Crippen molar-refractivity contribution in [1.82, 2.24) is 0 Å². The number of hydrogen-bond acceptors (Lipinski definition) is 2. The maximum Gasteiger partial charge on any atom is 0.220 e. The van der Waals surface area contributed by atoms with Crippen molar-refractivity contribution in [2.75, 3.05) is 5.75 Å². The molecule has 0 fully saturated rings. The van der Waals surface area contributed by atoms with Crippen LogP contribution in [0.1, 0.15) is 13.3 Å². The minimum atomic E-state index is -3.37. The lowest BCUT2D eigenvalue weighted by Crippen LogP contribution is -2.14. The summed E-state index contributed by atoms with van der Waals surface area (Å²) in [4.78, 5) is 0. The molecule has 52 valence electrons. The number of hydrogen-bond donors (Lipinski definition) is 1. The summed E-state index contributed by atoms with van der Waals surface area (Å²) in [5.74, 6) is 4.77. The van der Waals surface area contributed by atoms with Crippen LogP contribution >= 0.6 is 0 Å². The number of sulfonamides is 1. The molecule has 0 amide bonds. The van der Waals surface area contributed by atoms with Gasteiger partial charge in [0.15, 0.2) is 0 Å². The summed E-state index contributed by atoms with van der Waals surface area (Å²) in [5.41, 5.74) is 0. The third-order valence-corrected chi connectivity index (χ3v) is 1.12. The normalized spacial score (nSPS) is 10.0. The van der Waals surface area contributed by atoms with Gasteiger partial charge in [0.2, 0.25) is 10.0 Å². The van der Waals surface area contributed by atoms with Crippen molar-refractivity contribution in [3.8, 4) is 11.8 Å². The van der Waals surface area contributed by atoms with Gasteiger partial charge in [-0.3, -0.25) is 0 Å². The van der Waals surface area contributed by atoms with Gasteiger partial charge >= 0.3 is 0 Å². The van der Waals surface area contributed by atoms with Crippen molar-refractivity contribution < 1.29 is 8.42 Å². The van der Waals surface area contributed by atoms with Crippen molar-refractivity contribution in [1.29, 1.82) is 0 Å². The van der Waals surface area contributed by atoms with Crippen LogP contribution in [0.15, 0.2) is 0 Å². The molecule has 0 heterocycles. The summed E-state index contributed by atoms with van der Waals surface area (Å²) in [6.45, 7) is 1.84. The third-order valence-electron chi connectivity index (χ3n) is 0.575. The molecule has 3 nitrogen and oxygen atoms in total. The van der Waals surface area contributed by atoms with E-state index in [0.29, 0.717) is 6.42 Å². The zero-order valence-corrected chi connectivity index (χ0v) is 6.03. The van der Waals surface area contributed by atoms with E-state index in [9.17, 15) is 8.42 Å². The zero-order chi connectivity index (χ0) is 7.33. The second-order valence-electron chi connectivity index (χ2n) is 1.51. The second kappa shape index (κ2) is 3.49. The Kier molecular flexibility index (Phi) is 3.28. The van der Waals surface area contributed by atoms with E-state index >= 15 is 0 Å². The summed E-state index contributed by atoms with van der Waals surface area (Å²) in [6, 6.07) is 0. The summed E-state index contributed by atoms with van der Waals surface area (Å²) in [5, 5.41) is 4.65. The van der Waals surface area contributed by atoms with Crippen LogP contribution in [-0.4, -0.2) is 14.2 Å². The molecular weight excluding hydrogens is 138 g/mol. The Hall–Kier alpha value is -0.530. The average molecular weight is 147 g/mol. The lowest BCUT2D eigenvalue weighted by Gasteiger charge is -1.83. The van der Waals surface area contributed by atoms with Crippen LogP contribution < -0.4 is 5.14 Å². The minimum Gasteiger partial charge on any atom is -0.228 e. The molecule has 2 N–H and O–H groups in total. The maximum atomic E-state index is 10.2.